The van der Waals surface area contributed by atoms with Gasteiger partial charge in [0, 0.05) is 19.2 Å². The molecule has 0 fully saturated rings. The minimum Gasteiger partial charge on any atom is -0.454 e. The van der Waals surface area contributed by atoms with Gasteiger partial charge in [-0.3, -0.25) is 15.1 Å². The number of H-pyrrole nitrogens is 1. The molecule has 10 nitrogen and oxygen atoms in total. The van der Waals surface area contributed by atoms with Gasteiger partial charge in [-0.2, -0.15) is 0 Å². The van der Waals surface area contributed by atoms with Crippen molar-refractivity contribution in [2.75, 3.05) is 0 Å². The molecule has 1 N–H and O–H groups in total. The van der Waals surface area contributed by atoms with Gasteiger partial charge in [0.1, 0.15) is 5.75 Å². The van der Waals surface area contributed by atoms with E-state index in [0.29, 0.717) is 21.4 Å². The zero-order valence-electron chi connectivity index (χ0n) is 15.9. The Hall–Kier alpha value is -3.37. The van der Waals surface area contributed by atoms with Crippen molar-refractivity contribution in [3.8, 4) is 17.2 Å². The van der Waals surface area contributed by atoms with E-state index in [1.165, 1.54) is 31.3 Å². The van der Waals surface area contributed by atoms with Crippen molar-refractivity contribution in [3.63, 3.8) is 0 Å². The maximum absolute atomic E-state index is 12.3. The number of halogens is 2. The molecule has 3 rings (SSSR count). The van der Waals surface area contributed by atoms with Crippen molar-refractivity contribution in [1.82, 2.24) is 14.1 Å². The Balaban J connectivity index is 2.11. The molecule has 1 aromatic heterocycles. The zero-order chi connectivity index (χ0) is 22.3. The number of aromatic nitrogens is 3. The Kier molecular flexibility index (Phi) is 5.55. The summed E-state index contributed by atoms with van der Waals surface area (Å²) in [7, 11) is 1.21. The molecule has 0 radical (unpaired) electrons. The average Bonchev–Trinajstić information content (AvgIpc) is 2.64. The van der Waals surface area contributed by atoms with Gasteiger partial charge in [0.2, 0.25) is 0 Å². The van der Waals surface area contributed by atoms with E-state index in [0.717, 1.165) is 4.57 Å². The summed E-state index contributed by atoms with van der Waals surface area (Å²) in [6.07, 6.45) is 0. The van der Waals surface area contributed by atoms with Gasteiger partial charge in [0.25, 0.3) is 5.69 Å². The van der Waals surface area contributed by atoms with Crippen molar-refractivity contribution in [2.24, 2.45) is 7.05 Å². The van der Waals surface area contributed by atoms with Crippen LogP contribution >= 0.6 is 23.2 Å². The van der Waals surface area contributed by atoms with Crippen molar-refractivity contribution in [2.45, 2.75) is 13.8 Å². The number of ether oxygens (including phenoxy) is 1. The molecular formula is C18H14Cl2N4O6. The van der Waals surface area contributed by atoms with Crippen LogP contribution in [0.2, 0.25) is 10.0 Å². The molecule has 0 aliphatic heterocycles. The van der Waals surface area contributed by atoms with E-state index in [4.69, 9.17) is 27.9 Å². The van der Waals surface area contributed by atoms with E-state index < -0.39 is 22.0 Å². The third kappa shape index (κ3) is 3.74. The van der Waals surface area contributed by atoms with Gasteiger partial charge in [0.15, 0.2) is 5.75 Å². The predicted molar refractivity (Wildman–Crippen MR) is 111 cm³/mol. The van der Waals surface area contributed by atoms with Crippen LogP contribution < -0.4 is 21.8 Å². The maximum Gasteiger partial charge on any atom is 0.340 e. The molecule has 0 bridgehead atoms. The second-order valence-electron chi connectivity index (χ2n) is 6.42. The van der Waals surface area contributed by atoms with Gasteiger partial charge in [-0.05, 0) is 37.1 Å². The fraction of sp³-hybridized carbons (Fsp3) is 0.167. The largest absolute Gasteiger partial charge is 0.454 e. The summed E-state index contributed by atoms with van der Waals surface area (Å²) in [5, 5.41) is 11.0. The second kappa shape index (κ2) is 7.81. The molecule has 0 atom stereocenters. The summed E-state index contributed by atoms with van der Waals surface area (Å²) >= 11 is 12.6. The number of non-ortho nitro benzene ring substituents is 1. The Morgan fingerprint density at radius 3 is 2.00 bits per heavy atom. The molecule has 0 spiro atoms. The molecule has 3 aromatic rings. The summed E-state index contributed by atoms with van der Waals surface area (Å²) < 4.78 is 7.23. The highest BCUT2D eigenvalue weighted by Crippen LogP contribution is 2.40. The maximum atomic E-state index is 12.3. The van der Waals surface area contributed by atoms with Crippen LogP contribution in [0.4, 0.5) is 5.69 Å². The number of aromatic amines is 1. The lowest BCUT2D eigenvalue weighted by molar-refractivity contribution is -0.385. The third-order valence-electron chi connectivity index (χ3n) is 4.30. The highest BCUT2D eigenvalue weighted by atomic mass is 35.5. The average molecular weight is 453 g/mol. The highest BCUT2D eigenvalue weighted by Gasteiger charge is 2.19. The number of aryl methyl sites for hydroxylation is 2. The van der Waals surface area contributed by atoms with Crippen molar-refractivity contribution in [1.29, 1.82) is 0 Å². The van der Waals surface area contributed by atoms with Crippen LogP contribution in [0.25, 0.3) is 5.69 Å². The van der Waals surface area contributed by atoms with E-state index in [2.05, 4.69) is 0 Å². The van der Waals surface area contributed by atoms with Gasteiger partial charge >= 0.3 is 17.1 Å². The Labute approximate surface area is 178 Å². The predicted octanol–water partition coefficient (Wildman–Crippen LogP) is 2.85. The van der Waals surface area contributed by atoms with Crippen LogP contribution in [0.15, 0.2) is 38.6 Å². The van der Waals surface area contributed by atoms with Gasteiger partial charge in [-0.1, -0.05) is 23.2 Å². The lowest BCUT2D eigenvalue weighted by atomic mass is 10.1. The van der Waals surface area contributed by atoms with Crippen molar-refractivity contribution < 1.29 is 9.66 Å². The summed E-state index contributed by atoms with van der Waals surface area (Å²) in [6.45, 7) is 3.27. The molecule has 12 heteroatoms. The van der Waals surface area contributed by atoms with Crippen LogP contribution in [0.3, 0.4) is 0 Å². The lowest BCUT2D eigenvalue weighted by Gasteiger charge is -2.15. The molecule has 30 heavy (non-hydrogen) atoms. The fourth-order valence-electron chi connectivity index (χ4n) is 2.85. The number of hydrogen-bond acceptors (Lipinski definition) is 6. The first-order valence-corrected chi connectivity index (χ1v) is 9.12. The van der Waals surface area contributed by atoms with Crippen LogP contribution in [0.5, 0.6) is 11.5 Å². The van der Waals surface area contributed by atoms with E-state index >= 15 is 0 Å². The van der Waals surface area contributed by atoms with Gasteiger partial charge < -0.3 is 4.74 Å². The number of rotatable bonds is 4. The molecular weight excluding hydrogens is 439 g/mol. The number of nitro benzene ring substituents is 1. The number of hydrogen-bond donors (Lipinski definition) is 1. The minimum atomic E-state index is -0.953. The molecule has 2 aromatic carbocycles. The standard InChI is InChI=1S/C18H14Cl2N4O6/c1-8-4-11(24(28)29)5-9(2)14(8)30-15-12(19)6-10(7-13(15)20)23-17(26)21-16(25)22(3)18(23)27/h4-7H,1-3H3,(H,21,25,26). The first-order chi connectivity index (χ1) is 14.0. The third-order valence-corrected chi connectivity index (χ3v) is 4.86. The van der Waals surface area contributed by atoms with Gasteiger partial charge in [0.05, 0.1) is 20.7 Å². The first-order valence-electron chi connectivity index (χ1n) is 8.36. The SMILES string of the molecule is Cc1cc([N+](=O)[O-])cc(C)c1Oc1c(Cl)cc(-n2c(=O)[nH]c(=O)n(C)c2=O)cc1Cl. The van der Waals surface area contributed by atoms with E-state index in [-0.39, 0.29) is 27.2 Å². The van der Waals surface area contributed by atoms with Crippen LogP contribution in [0, 0.1) is 24.0 Å². The summed E-state index contributed by atoms with van der Waals surface area (Å²) in [5.74, 6) is 0.366. The second-order valence-corrected chi connectivity index (χ2v) is 7.23. The Bertz CT molecular complexity index is 1330. The number of nitrogens with one attached hydrogen (secondary N) is 1. The molecule has 0 saturated heterocycles. The molecule has 0 saturated carbocycles. The van der Waals surface area contributed by atoms with Crippen LogP contribution in [0.1, 0.15) is 11.1 Å². The number of nitrogens with zero attached hydrogens (tertiary/aromatic N) is 3. The lowest BCUT2D eigenvalue weighted by Crippen LogP contribution is -2.47. The van der Waals surface area contributed by atoms with Gasteiger partial charge in [-0.25, -0.2) is 23.5 Å². The summed E-state index contributed by atoms with van der Waals surface area (Å²) in [5.41, 5.74) is -1.78. The molecule has 0 unspecified atom stereocenters. The topological polar surface area (TPSA) is 129 Å². The molecule has 156 valence electrons. The van der Waals surface area contributed by atoms with Crippen molar-refractivity contribution in [3.05, 3.63) is 87.0 Å². The molecule has 0 aliphatic rings. The number of nitro groups is 1. The normalized spacial score (nSPS) is 10.8. The summed E-state index contributed by atoms with van der Waals surface area (Å²) in [4.78, 5) is 48.5. The fourth-order valence-corrected chi connectivity index (χ4v) is 3.40. The number of benzene rings is 2. The minimum absolute atomic E-state index is 0.0187. The van der Waals surface area contributed by atoms with E-state index in [1.54, 1.807) is 13.8 Å². The smallest absolute Gasteiger partial charge is 0.340 e. The first kappa shape index (κ1) is 21.3. The quantitative estimate of drug-likeness (QED) is 0.478. The van der Waals surface area contributed by atoms with Gasteiger partial charge in [-0.15, -0.1) is 0 Å². The molecule has 1 heterocycles. The Morgan fingerprint density at radius 1 is 0.967 bits per heavy atom. The monoisotopic (exact) mass is 452 g/mol. The Morgan fingerprint density at radius 2 is 1.50 bits per heavy atom. The highest BCUT2D eigenvalue weighted by molar-refractivity contribution is 6.37. The molecule has 0 aliphatic carbocycles. The zero-order valence-corrected chi connectivity index (χ0v) is 17.4. The van der Waals surface area contributed by atoms with E-state index in [1.807, 2.05) is 4.98 Å². The van der Waals surface area contributed by atoms with Crippen LogP contribution in [-0.2, 0) is 7.05 Å². The molecule has 0 amide bonds. The summed E-state index contributed by atoms with van der Waals surface area (Å²) in [6, 6.07) is 5.25. The van der Waals surface area contributed by atoms with Crippen molar-refractivity contribution >= 4 is 28.9 Å². The van der Waals surface area contributed by atoms with E-state index in [9.17, 15) is 24.5 Å². The van der Waals surface area contributed by atoms with Crippen LogP contribution in [-0.4, -0.2) is 19.0 Å².